The Hall–Kier alpha value is -2.17. The molecular weight excluding hydrogens is 235 g/mol. The molecule has 2 aromatic rings. The van der Waals surface area contributed by atoms with Crippen LogP contribution in [-0.2, 0) is 18.3 Å². The van der Waals surface area contributed by atoms with Crippen LogP contribution in [0.25, 0.3) is 11.3 Å². The van der Waals surface area contributed by atoms with Gasteiger partial charge in [-0.25, -0.2) is 4.39 Å². The summed E-state index contributed by atoms with van der Waals surface area (Å²) < 4.78 is 14.8. The fraction of sp³-hybridized carbons (Fsp3) is 0.231. The molecule has 0 bridgehead atoms. The second kappa shape index (κ2) is 5.00. The molecule has 0 saturated heterocycles. The van der Waals surface area contributed by atoms with E-state index in [1.807, 2.05) is 0 Å². The number of aliphatic carboxylic acids is 1. The van der Waals surface area contributed by atoms with Gasteiger partial charge in [-0.3, -0.25) is 9.48 Å². The van der Waals surface area contributed by atoms with Crippen LogP contribution in [0.3, 0.4) is 0 Å². The van der Waals surface area contributed by atoms with Gasteiger partial charge in [0.2, 0.25) is 0 Å². The highest BCUT2D eigenvalue weighted by molar-refractivity contribution is 5.69. The third kappa shape index (κ3) is 2.56. The second-order valence-electron chi connectivity index (χ2n) is 4.05. The zero-order chi connectivity index (χ0) is 13.1. The van der Waals surface area contributed by atoms with E-state index in [0.717, 1.165) is 11.3 Å². The van der Waals surface area contributed by atoms with Crippen LogP contribution in [-0.4, -0.2) is 20.9 Å². The van der Waals surface area contributed by atoms with Gasteiger partial charge in [-0.2, -0.15) is 5.10 Å². The zero-order valence-corrected chi connectivity index (χ0v) is 9.93. The number of hydrogen-bond acceptors (Lipinski definition) is 2. The quantitative estimate of drug-likeness (QED) is 0.902. The number of carbonyl (C=O) groups is 1. The molecule has 0 spiro atoms. The van der Waals surface area contributed by atoms with Gasteiger partial charge in [-0.1, -0.05) is 12.1 Å². The molecule has 0 aliphatic rings. The Balaban J connectivity index is 2.37. The fourth-order valence-corrected chi connectivity index (χ4v) is 1.92. The SMILES string of the molecule is Cn1ncc(CCC(=O)O)c1-c1cccc(F)c1. The van der Waals surface area contributed by atoms with Crippen LogP contribution in [0, 0.1) is 5.82 Å². The highest BCUT2D eigenvalue weighted by Crippen LogP contribution is 2.24. The van der Waals surface area contributed by atoms with Crippen molar-refractivity contribution in [2.45, 2.75) is 12.8 Å². The number of carboxylic acids is 1. The van der Waals surface area contributed by atoms with Gasteiger partial charge >= 0.3 is 5.97 Å². The zero-order valence-electron chi connectivity index (χ0n) is 9.93. The molecule has 0 amide bonds. The molecular formula is C13H13FN2O2. The number of benzene rings is 1. The summed E-state index contributed by atoms with van der Waals surface area (Å²) >= 11 is 0. The van der Waals surface area contributed by atoms with Gasteiger partial charge in [0.1, 0.15) is 5.82 Å². The normalized spacial score (nSPS) is 10.6. The van der Waals surface area contributed by atoms with Crippen molar-refractivity contribution in [2.75, 3.05) is 0 Å². The van der Waals surface area contributed by atoms with Gasteiger partial charge < -0.3 is 5.11 Å². The molecule has 1 aromatic heterocycles. The second-order valence-corrected chi connectivity index (χ2v) is 4.05. The highest BCUT2D eigenvalue weighted by atomic mass is 19.1. The maximum absolute atomic E-state index is 13.2. The lowest BCUT2D eigenvalue weighted by Gasteiger charge is -2.06. The lowest BCUT2D eigenvalue weighted by Crippen LogP contribution is -2.00. The average Bonchev–Trinajstić information content (AvgIpc) is 2.68. The summed E-state index contributed by atoms with van der Waals surface area (Å²) in [6, 6.07) is 6.20. The molecule has 0 aliphatic heterocycles. The van der Waals surface area contributed by atoms with Gasteiger partial charge in [0, 0.05) is 19.0 Å². The Morgan fingerprint density at radius 2 is 2.28 bits per heavy atom. The third-order valence-electron chi connectivity index (χ3n) is 2.72. The lowest BCUT2D eigenvalue weighted by atomic mass is 10.0. The Morgan fingerprint density at radius 3 is 2.94 bits per heavy atom. The van der Waals surface area contributed by atoms with E-state index in [9.17, 15) is 9.18 Å². The first-order valence-corrected chi connectivity index (χ1v) is 5.56. The van der Waals surface area contributed by atoms with Crippen molar-refractivity contribution in [1.29, 1.82) is 0 Å². The summed E-state index contributed by atoms with van der Waals surface area (Å²) in [7, 11) is 1.75. The molecule has 2 rings (SSSR count). The summed E-state index contributed by atoms with van der Waals surface area (Å²) in [5, 5.41) is 12.8. The van der Waals surface area contributed by atoms with E-state index in [1.54, 1.807) is 30.1 Å². The van der Waals surface area contributed by atoms with Crippen molar-refractivity contribution in [2.24, 2.45) is 7.05 Å². The van der Waals surface area contributed by atoms with Gasteiger partial charge in [0.15, 0.2) is 0 Å². The molecule has 0 unspecified atom stereocenters. The summed E-state index contributed by atoms with van der Waals surface area (Å²) in [5.74, 6) is -1.18. The van der Waals surface area contributed by atoms with E-state index in [-0.39, 0.29) is 12.2 Å². The van der Waals surface area contributed by atoms with Gasteiger partial charge in [-0.15, -0.1) is 0 Å². The third-order valence-corrected chi connectivity index (χ3v) is 2.72. The standard InChI is InChI=1S/C13H13FN2O2/c1-16-13(9-3-2-4-11(14)7-9)10(8-15-16)5-6-12(17)18/h2-4,7-8H,5-6H2,1H3,(H,17,18). The van der Waals surface area contributed by atoms with E-state index in [1.165, 1.54) is 12.1 Å². The van der Waals surface area contributed by atoms with E-state index in [0.29, 0.717) is 12.0 Å². The number of rotatable bonds is 4. The highest BCUT2D eigenvalue weighted by Gasteiger charge is 2.12. The minimum Gasteiger partial charge on any atom is -0.481 e. The number of nitrogens with zero attached hydrogens (tertiary/aromatic N) is 2. The van der Waals surface area contributed by atoms with Crippen molar-refractivity contribution in [3.63, 3.8) is 0 Å². The van der Waals surface area contributed by atoms with Crippen molar-refractivity contribution in [3.05, 3.63) is 41.8 Å². The Morgan fingerprint density at radius 1 is 1.50 bits per heavy atom. The van der Waals surface area contributed by atoms with Crippen LogP contribution >= 0.6 is 0 Å². The van der Waals surface area contributed by atoms with Crippen molar-refractivity contribution in [1.82, 2.24) is 9.78 Å². The van der Waals surface area contributed by atoms with Gasteiger partial charge in [0.05, 0.1) is 11.9 Å². The van der Waals surface area contributed by atoms with Gasteiger partial charge in [-0.05, 0) is 24.1 Å². The molecule has 18 heavy (non-hydrogen) atoms. The van der Waals surface area contributed by atoms with E-state index < -0.39 is 5.97 Å². The number of hydrogen-bond donors (Lipinski definition) is 1. The predicted octanol–water partition coefficient (Wildman–Crippen LogP) is 2.24. The number of aromatic nitrogens is 2. The maximum atomic E-state index is 13.2. The molecule has 1 aromatic carbocycles. The minimum absolute atomic E-state index is 0.0357. The first-order chi connectivity index (χ1) is 8.58. The number of halogens is 1. The predicted molar refractivity (Wildman–Crippen MR) is 64.6 cm³/mol. The Kier molecular flexibility index (Phi) is 3.41. The van der Waals surface area contributed by atoms with Crippen LogP contribution in [0.4, 0.5) is 4.39 Å². The minimum atomic E-state index is -0.857. The van der Waals surface area contributed by atoms with E-state index >= 15 is 0 Å². The van der Waals surface area contributed by atoms with Crippen LogP contribution in [0.1, 0.15) is 12.0 Å². The molecule has 0 aliphatic carbocycles. The van der Waals surface area contributed by atoms with Crippen LogP contribution < -0.4 is 0 Å². The van der Waals surface area contributed by atoms with Crippen LogP contribution in [0.5, 0.6) is 0 Å². The molecule has 1 heterocycles. The fourth-order valence-electron chi connectivity index (χ4n) is 1.92. The summed E-state index contributed by atoms with van der Waals surface area (Å²) in [6.07, 6.45) is 2.05. The van der Waals surface area contributed by atoms with E-state index in [2.05, 4.69) is 5.10 Å². The number of carboxylic acid groups (broad SMARTS) is 1. The summed E-state index contributed by atoms with van der Waals surface area (Å²) in [5.41, 5.74) is 2.27. The largest absolute Gasteiger partial charge is 0.481 e. The number of aryl methyl sites for hydroxylation is 2. The molecule has 0 radical (unpaired) electrons. The molecule has 4 nitrogen and oxygen atoms in total. The van der Waals surface area contributed by atoms with Crippen LogP contribution in [0.2, 0.25) is 0 Å². The average molecular weight is 248 g/mol. The lowest BCUT2D eigenvalue weighted by molar-refractivity contribution is -0.136. The molecule has 5 heteroatoms. The van der Waals surface area contributed by atoms with Crippen LogP contribution in [0.15, 0.2) is 30.5 Å². The smallest absolute Gasteiger partial charge is 0.303 e. The monoisotopic (exact) mass is 248 g/mol. The molecule has 94 valence electrons. The maximum Gasteiger partial charge on any atom is 0.303 e. The molecule has 0 atom stereocenters. The topological polar surface area (TPSA) is 55.1 Å². The Bertz CT molecular complexity index is 578. The van der Waals surface area contributed by atoms with Crippen molar-refractivity contribution in [3.8, 4) is 11.3 Å². The first kappa shape index (κ1) is 12.3. The first-order valence-electron chi connectivity index (χ1n) is 5.56. The summed E-state index contributed by atoms with van der Waals surface area (Å²) in [6.45, 7) is 0. The molecule has 0 fully saturated rings. The molecule has 1 N–H and O–H groups in total. The van der Waals surface area contributed by atoms with Gasteiger partial charge in [0.25, 0.3) is 0 Å². The Labute approximate surface area is 104 Å². The summed E-state index contributed by atoms with van der Waals surface area (Å²) in [4.78, 5) is 10.6. The van der Waals surface area contributed by atoms with E-state index in [4.69, 9.17) is 5.11 Å². The molecule has 0 saturated carbocycles. The van der Waals surface area contributed by atoms with Crippen molar-refractivity contribution < 1.29 is 14.3 Å². The van der Waals surface area contributed by atoms with Crippen molar-refractivity contribution >= 4 is 5.97 Å².